The van der Waals surface area contributed by atoms with E-state index in [1.807, 2.05) is 6.92 Å². The molecule has 8 rings (SSSR count). The quantitative estimate of drug-likeness (QED) is 0.219. The van der Waals surface area contributed by atoms with Crippen molar-refractivity contribution in [2.75, 3.05) is 13.2 Å². The molecular formula is C33H45NO7S. The summed E-state index contributed by atoms with van der Waals surface area (Å²) in [5.41, 5.74) is 7.87. The van der Waals surface area contributed by atoms with Gasteiger partial charge in [0.05, 0.1) is 11.5 Å². The Hall–Kier alpha value is -2.01. The predicted octanol–water partition coefficient (Wildman–Crippen LogP) is 6.22. The Morgan fingerprint density at radius 1 is 0.905 bits per heavy atom. The summed E-state index contributed by atoms with van der Waals surface area (Å²) in [4.78, 5) is 12.2. The van der Waals surface area contributed by atoms with Crippen molar-refractivity contribution >= 4 is 10.1 Å². The number of ether oxygens (including phenoxy) is 2. The molecule has 6 aliphatic rings. The van der Waals surface area contributed by atoms with Gasteiger partial charge in [0.1, 0.15) is 5.75 Å². The molecule has 0 radical (unpaired) electrons. The van der Waals surface area contributed by atoms with E-state index in [9.17, 15) is 8.42 Å². The highest BCUT2D eigenvalue weighted by Gasteiger charge is 2.66. The first-order chi connectivity index (χ1) is 20.2. The third kappa shape index (κ3) is 6.42. The average molecular weight is 600 g/mol. The van der Waals surface area contributed by atoms with Gasteiger partial charge in [-0.1, -0.05) is 29.8 Å². The zero-order valence-corrected chi connectivity index (χ0v) is 25.4. The van der Waals surface area contributed by atoms with Gasteiger partial charge in [0.15, 0.2) is 0 Å². The van der Waals surface area contributed by atoms with Crippen molar-refractivity contribution in [3.8, 4) is 5.75 Å². The fraction of sp³-hybridized carbons (Fsp3) is 0.636. The Labute approximate surface area is 249 Å². The van der Waals surface area contributed by atoms with Gasteiger partial charge in [-0.3, -0.25) is 4.55 Å². The van der Waals surface area contributed by atoms with Crippen LogP contribution >= 0.6 is 0 Å². The van der Waals surface area contributed by atoms with Crippen LogP contribution in [-0.2, 0) is 31.1 Å². The van der Waals surface area contributed by atoms with Crippen LogP contribution in [0.5, 0.6) is 5.75 Å². The second-order valence-electron chi connectivity index (χ2n) is 13.3. The van der Waals surface area contributed by atoms with Gasteiger partial charge in [0.2, 0.25) is 11.6 Å². The molecule has 0 amide bonds. The number of hydrogen-bond acceptors (Lipinski definition) is 7. The summed E-state index contributed by atoms with van der Waals surface area (Å²) < 4.78 is 42.1. The first kappa shape index (κ1) is 30.0. The van der Waals surface area contributed by atoms with E-state index < -0.39 is 21.7 Å². The zero-order chi connectivity index (χ0) is 29.4. The Morgan fingerprint density at radius 3 is 2.10 bits per heavy atom. The second kappa shape index (κ2) is 12.2. The maximum atomic E-state index is 10.5. The lowest BCUT2D eigenvalue weighted by atomic mass is 9.53. The number of benzene rings is 2. The van der Waals surface area contributed by atoms with Gasteiger partial charge in [-0.05, 0) is 119 Å². The van der Waals surface area contributed by atoms with Crippen LogP contribution < -0.4 is 10.5 Å². The molecular weight excluding hydrogens is 554 g/mol. The summed E-state index contributed by atoms with van der Waals surface area (Å²) in [7, 11) is -4.02. The van der Waals surface area contributed by atoms with Gasteiger partial charge < -0.3 is 15.2 Å². The summed E-state index contributed by atoms with van der Waals surface area (Å²) in [5, 5.41) is 0. The van der Waals surface area contributed by atoms with Gasteiger partial charge in [-0.2, -0.15) is 18.2 Å². The zero-order valence-electron chi connectivity index (χ0n) is 24.6. The number of rotatable bonds is 7. The molecule has 0 aromatic heterocycles. The summed E-state index contributed by atoms with van der Waals surface area (Å²) in [6.07, 6.45) is 12.7. The smallest absolute Gasteiger partial charge is 0.294 e. The van der Waals surface area contributed by atoms with Crippen LogP contribution in [0.2, 0.25) is 0 Å². The van der Waals surface area contributed by atoms with Gasteiger partial charge in [0.25, 0.3) is 10.1 Å². The Balaban J connectivity index is 0.000000244. The first-order valence-electron chi connectivity index (χ1n) is 15.7. The van der Waals surface area contributed by atoms with Crippen molar-refractivity contribution in [3.63, 3.8) is 0 Å². The van der Waals surface area contributed by atoms with Gasteiger partial charge in [-0.15, -0.1) is 0 Å². The minimum Gasteiger partial charge on any atom is -0.494 e. The maximum absolute atomic E-state index is 10.5. The molecule has 5 saturated carbocycles. The molecule has 8 nitrogen and oxygen atoms in total. The van der Waals surface area contributed by atoms with Crippen LogP contribution in [0.1, 0.15) is 75.3 Å². The van der Waals surface area contributed by atoms with Crippen molar-refractivity contribution in [1.82, 2.24) is 0 Å². The van der Waals surface area contributed by atoms with Gasteiger partial charge in [-0.25, -0.2) is 0 Å². The van der Waals surface area contributed by atoms with E-state index in [4.69, 9.17) is 29.5 Å². The van der Waals surface area contributed by atoms with Crippen LogP contribution in [0.15, 0.2) is 53.4 Å². The van der Waals surface area contributed by atoms with Crippen LogP contribution in [0.25, 0.3) is 0 Å². The third-order valence-corrected chi connectivity index (χ3v) is 11.1. The van der Waals surface area contributed by atoms with Crippen molar-refractivity contribution in [2.45, 2.75) is 94.0 Å². The van der Waals surface area contributed by atoms with E-state index >= 15 is 0 Å². The summed E-state index contributed by atoms with van der Waals surface area (Å²) in [5.74, 6) is 3.60. The van der Waals surface area contributed by atoms with E-state index in [-0.39, 0.29) is 4.90 Å². The van der Waals surface area contributed by atoms with Crippen molar-refractivity contribution in [1.29, 1.82) is 0 Å². The SMILES string of the molecule is Cc1ccc(S(=O)(=O)O)cc1.NCCCOc1ccc(CC2CCC3(CC2)OOC2(O3)C3CC4CC(C3)CC2C4)cc1. The van der Waals surface area contributed by atoms with E-state index in [2.05, 4.69) is 24.3 Å². The Morgan fingerprint density at radius 2 is 1.52 bits per heavy atom. The van der Waals surface area contributed by atoms with E-state index in [0.717, 1.165) is 61.7 Å². The molecule has 3 N–H and O–H groups in total. The molecule has 1 aliphatic heterocycles. The monoisotopic (exact) mass is 599 g/mol. The summed E-state index contributed by atoms with van der Waals surface area (Å²) in [6.45, 7) is 3.20. The maximum Gasteiger partial charge on any atom is 0.294 e. The van der Waals surface area contributed by atoms with E-state index in [0.29, 0.717) is 30.9 Å². The normalized spacial score (nSPS) is 34.9. The van der Waals surface area contributed by atoms with Crippen molar-refractivity contribution < 1.29 is 32.2 Å². The molecule has 6 fully saturated rings. The highest BCUT2D eigenvalue weighted by molar-refractivity contribution is 7.85. The largest absolute Gasteiger partial charge is 0.494 e. The fourth-order valence-corrected chi connectivity index (χ4v) is 8.64. The summed E-state index contributed by atoms with van der Waals surface area (Å²) in [6, 6.07) is 14.6. The van der Waals surface area contributed by atoms with Crippen LogP contribution in [-0.4, -0.2) is 37.7 Å². The molecule has 2 aromatic rings. The summed E-state index contributed by atoms with van der Waals surface area (Å²) >= 11 is 0. The number of hydrogen-bond donors (Lipinski definition) is 2. The van der Waals surface area contributed by atoms with Crippen molar-refractivity contribution in [3.05, 3.63) is 59.7 Å². The van der Waals surface area contributed by atoms with Crippen LogP contribution in [0.4, 0.5) is 0 Å². The minimum absolute atomic E-state index is 0.0666. The lowest BCUT2D eigenvalue weighted by molar-refractivity contribution is -0.390. The Bertz CT molecular complexity index is 1270. The molecule has 0 atom stereocenters. The molecule has 2 spiro atoms. The van der Waals surface area contributed by atoms with Crippen molar-refractivity contribution in [2.24, 2.45) is 35.3 Å². The predicted molar refractivity (Wildman–Crippen MR) is 158 cm³/mol. The Kier molecular flexibility index (Phi) is 8.71. The lowest BCUT2D eigenvalue weighted by Crippen LogP contribution is -2.59. The van der Waals surface area contributed by atoms with Crippen LogP contribution in [0.3, 0.4) is 0 Å². The topological polar surface area (TPSA) is 117 Å². The fourth-order valence-electron chi connectivity index (χ4n) is 8.16. The first-order valence-corrected chi connectivity index (χ1v) is 17.1. The molecule has 1 heterocycles. The van der Waals surface area contributed by atoms with Crippen LogP contribution in [0, 0.1) is 36.5 Å². The molecule has 2 aromatic carbocycles. The molecule has 230 valence electrons. The second-order valence-corrected chi connectivity index (χ2v) is 14.7. The van der Waals surface area contributed by atoms with E-state index in [1.54, 1.807) is 12.1 Å². The molecule has 0 unspecified atom stereocenters. The highest BCUT2D eigenvalue weighted by atomic mass is 32.2. The minimum atomic E-state index is -4.02. The molecule has 9 heteroatoms. The molecule has 42 heavy (non-hydrogen) atoms. The van der Waals surface area contributed by atoms with E-state index in [1.165, 1.54) is 49.8 Å². The lowest BCUT2D eigenvalue weighted by Gasteiger charge is -2.57. The molecule has 4 bridgehead atoms. The average Bonchev–Trinajstić information content (AvgIpc) is 3.34. The number of aryl methyl sites for hydroxylation is 1. The van der Waals surface area contributed by atoms with Gasteiger partial charge in [0, 0.05) is 24.7 Å². The van der Waals surface area contributed by atoms with Gasteiger partial charge >= 0.3 is 0 Å². The molecule has 1 saturated heterocycles. The highest BCUT2D eigenvalue weighted by Crippen LogP contribution is 2.63. The number of nitrogens with two attached hydrogens (primary N) is 1. The standard InChI is InChI=1S/C26H37NO4.C7H8O3S/c27-10-1-11-28-24-4-2-18(3-5-24)12-19-6-8-25(9-7-19)29-26(31-30-25)22-14-20-13-21(16-22)17-23(26)15-20;1-6-2-4-7(5-3-6)11(8,9)10/h2-5,19-23H,1,6-17,27H2;2-5H,1H3,(H,8,9,10). The molecule has 5 aliphatic carbocycles. The third-order valence-electron chi connectivity index (χ3n) is 10.2.